The lowest BCUT2D eigenvalue weighted by Crippen LogP contribution is -2.43. The molecular weight excluding hydrogens is 206 g/mol. The lowest BCUT2D eigenvalue weighted by molar-refractivity contribution is 0.243. The lowest BCUT2D eigenvalue weighted by atomic mass is 10.4. The van der Waals surface area contributed by atoms with Gasteiger partial charge in [-0.2, -0.15) is 0 Å². The fourth-order valence-corrected chi connectivity index (χ4v) is 1.57. The van der Waals surface area contributed by atoms with Crippen molar-refractivity contribution in [3.63, 3.8) is 0 Å². The first kappa shape index (κ1) is 9.87. The van der Waals surface area contributed by atoms with Crippen molar-refractivity contribution in [2.45, 2.75) is 3.79 Å². The third kappa shape index (κ3) is 4.38. The summed E-state index contributed by atoms with van der Waals surface area (Å²) in [6, 6.07) is 0. The highest BCUT2D eigenvalue weighted by atomic mass is 35.6. The van der Waals surface area contributed by atoms with E-state index in [2.05, 4.69) is 10.2 Å². The Morgan fingerprint density at radius 1 is 1.18 bits per heavy atom. The van der Waals surface area contributed by atoms with Gasteiger partial charge in [0.25, 0.3) is 0 Å². The molecular formula is C6H10Cl3N2. The van der Waals surface area contributed by atoms with Crippen LogP contribution in [0.2, 0.25) is 0 Å². The summed E-state index contributed by atoms with van der Waals surface area (Å²) >= 11 is 16.9. The second-order valence-corrected chi connectivity index (χ2v) is 5.08. The van der Waals surface area contributed by atoms with Crippen LogP contribution in [0.15, 0.2) is 0 Å². The van der Waals surface area contributed by atoms with Crippen molar-refractivity contribution in [3.8, 4) is 0 Å². The summed E-state index contributed by atoms with van der Waals surface area (Å²) in [5.74, 6) is 0. The van der Waals surface area contributed by atoms with Crippen molar-refractivity contribution in [1.29, 1.82) is 0 Å². The molecule has 0 bridgehead atoms. The summed E-state index contributed by atoms with van der Waals surface area (Å²) in [5.41, 5.74) is 0. The van der Waals surface area contributed by atoms with E-state index in [1.54, 1.807) is 0 Å². The molecule has 1 radical (unpaired) electrons. The number of piperazine rings is 1. The van der Waals surface area contributed by atoms with Gasteiger partial charge in [0.1, 0.15) is 0 Å². The van der Waals surface area contributed by atoms with Crippen LogP contribution in [0.4, 0.5) is 0 Å². The van der Waals surface area contributed by atoms with Gasteiger partial charge < -0.3 is 0 Å². The van der Waals surface area contributed by atoms with Gasteiger partial charge in [-0.1, -0.05) is 34.8 Å². The summed E-state index contributed by atoms with van der Waals surface area (Å²) in [5, 5.41) is 4.19. The molecule has 0 saturated carbocycles. The van der Waals surface area contributed by atoms with Gasteiger partial charge in [0.05, 0.1) is 0 Å². The van der Waals surface area contributed by atoms with Crippen LogP contribution in [0, 0.1) is 0 Å². The Morgan fingerprint density at radius 3 is 2.18 bits per heavy atom. The third-order valence-electron chi connectivity index (χ3n) is 1.55. The Balaban J connectivity index is 2.24. The van der Waals surface area contributed by atoms with E-state index >= 15 is 0 Å². The van der Waals surface area contributed by atoms with Crippen molar-refractivity contribution in [3.05, 3.63) is 0 Å². The highest BCUT2D eigenvalue weighted by Crippen LogP contribution is 2.26. The van der Waals surface area contributed by atoms with E-state index in [9.17, 15) is 0 Å². The fraction of sp³-hybridized carbons (Fsp3) is 1.00. The molecule has 1 saturated heterocycles. The molecule has 0 aromatic heterocycles. The molecule has 0 aromatic carbocycles. The maximum Gasteiger partial charge on any atom is 0.203 e. The second-order valence-electron chi connectivity index (χ2n) is 2.56. The van der Waals surface area contributed by atoms with E-state index in [4.69, 9.17) is 34.8 Å². The molecule has 1 heterocycles. The van der Waals surface area contributed by atoms with E-state index in [1.807, 2.05) is 0 Å². The van der Waals surface area contributed by atoms with Gasteiger partial charge in [-0.3, -0.25) is 4.90 Å². The van der Waals surface area contributed by atoms with Gasteiger partial charge in [-0.05, 0) is 0 Å². The van der Waals surface area contributed by atoms with Crippen molar-refractivity contribution >= 4 is 34.8 Å². The lowest BCUT2D eigenvalue weighted by Gasteiger charge is -2.28. The molecule has 1 rings (SSSR count). The van der Waals surface area contributed by atoms with E-state index in [1.165, 1.54) is 0 Å². The summed E-state index contributed by atoms with van der Waals surface area (Å²) in [6.45, 7) is 4.05. The first-order valence-corrected chi connectivity index (χ1v) is 4.64. The number of rotatable bonds is 1. The average molecular weight is 217 g/mol. The third-order valence-corrected chi connectivity index (χ3v) is 1.91. The van der Waals surface area contributed by atoms with Crippen LogP contribution in [-0.2, 0) is 0 Å². The Kier molecular flexibility index (Phi) is 3.72. The zero-order valence-electron chi connectivity index (χ0n) is 6.06. The largest absolute Gasteiger partial charge is 0.296 e. The minimum atomic E-state index is -1.14. The highest BCUT2D eigenvalue weighted by Gasteiger charge is 2.24. The minimum Gasteiger partial charge on any atom is -0.296 e. The number of halogens is 3. The van der Waals surface area contributed by atoms with Gasteiger partial charge in [0, 0.05) is 32.7 Å². The fourth-order valence-electron chi connectivity index (χ4n) is 1.06. The molecule has 0 unspecified atom stereocenters. The van der Waals surface area contributed by atoms with Crippen LogP contribution >= 0.6 is 34.8 Å². The highest BCUT2D eigenvalue weighted by molar-refractivity contribution is 6.67. The molecule has 0 N–H and O–H groups in total. The van der Waals surface area contributed by atoms with Crippen LogP contribution in [-0.4, -0.2) is 41.4 Å². The number of nitrogens with zero attached hydrogens (tertiary/aromatic N) is 2. The van der Waals surface area contributed by atoms with Crippen LogP contribution in [0.25, 0.3) is 0 Å². The first-order chi connectivity index (χ1) is 5.08. The van der Waals surface area contributed by atoms with Crippen LogP contribution in [0.1, 0.15) is 0 Å². The summed E-state index contributed by atoms with van der Waals surface area (Å²) in [7, 11) is 0. The van der Waals surface area contributed by atoms with E-state index in [0.717, 1.165) is 26.2 Å². The number of hydrogen-bond acceptors (Lipinski definition) is 1. The Labute approximate surface area is 81.8 Å². The molecule has 2 nitrogen and oxygen atoms in total. The zero-order valence-corrected chi connectivity index (χ0v) is 8.33. The van der Waals surface area contributed by atoms with Crippen LogP contribution in [0.5, 0.6) is 0 Å². The molecule has 0 atom stereocenters. The smallest absolute Gasteiger partial charge is 0.203 e. The molecule has 5 heteroatoms. The molecule has 1 aliphatic heterocycles. The molecule has 0 amide bonds. The molecule has 0 aromatic rings. The maximum atomic E-state index is 5.63. The SMILES string of the molecule is ClC(Cl)(Cl)CN1CC[N]CC1. The molecule has 1 fully saturated rings. The minimum absolute atomic E-state index is 0.507. The Morgan fingerprint density at radius 2 is 1.73 bits per heavy atom. The molecule has 0 aliphatic carbocycles. The maximum absolute atomic E-state index is 5.63. The van der Waals surface area contributed by atoms with Crippen molar-refractivity contribution in [1.82, 2.24) is 10.2 Å². The Hall–Kier alpha value is 0.790. The van der Waals surface area contributed by atoms with Gasteiger partial charge in [-0.15, -0.1) is 0 Å². The average Bonchev–Trinajstić information content (AvgIpc) is 1.85. The van der Waals surface area contributed by atoms with Gasteiger partial charge in [0.15, 0.2) is 0 Å². The number of hydrogen-bond donors (Lipinski definition) is 0. The summed E-state index contributed by atoms with van der Waals surface area (Å²) in [4.78, 5) is 2.11. The van der Waals surface area contributed by atoms with Crippen molar-refractivity contribution in [2.24, 2.45) is 0 Å². The summed E-state index contributed by atoms with van der Waals surface area (Å²) in [6.07, 6.45) is 0. The second kappa shape index (κ2) is 4.15. The zero-order chi connectivity index (χ0) is 8.32. The van der Waals surface area contributed by atoms with Crippen LogP contribution < -0.4 is 5.32 Å². The quantitative estimate of drug-likeness (QED) is 0.604. The standard InChI is InChI=1S/C6H10Cl3N2/c7-6(8,9)5-11-3-1-10-2-4-11/h1-5H2. The number of alkyl halides is 3. The van der Waals surface area contributed by atoms with Gasteiger partial charge in [0.2, 0.25) is 3.79 Å². The molecule has 1 aliphatic rings. The predicted octanol–water partition coefficient (Wildman–Crippen LogP) is 1.28. The summed E-state index contributed by atoms with van der Waals surface area (Å²) < 4.78 is -1.14. The van der Waals surface area contributed by atoms with Crippen molar-refractivity contribution in [2.75, 3.05) is 32.7 Å². The van der Waals surface area contributed by atoms with Crippen LogP contribution in [0.3, 0.4) is 0 Å². The van der Waals surface area contributed by atoms with E-state index in [-0.39, 0.29) is 0 Å². The topological polar surface area (TPSA) is 17.3 Å². The van der Waals surface area contributed by atoms with Gasteiger partial charge >= 0.3 is 0 Å². The monoisotopic (exact) mass is 215 g/mol. The normalized spacial score (nSPS) is 22.1. The van der Waals surface area contributed by atoms with E-state index < -0.39 is 3.79 Å². The van der Waals surface area contributed by atoms with Gasteiger partial charge in [-0.25, -0.2) is 5.32 Å². The van der Waals surface area contributed by atoms with Crippen molar-refractivity contribution < 1.29 is 0 Å². The molecule has 11 heavy (non-hydrogen) atoms. The van der Waals surface area contributed by atoms with E-state index in [0.29, 0.717) is 6.54 Å². The Bertz CT molecular complexity index is 117. The molecule has 65 valence electrons. The first-order valence-electron chi connectivity index (χ1n) is 3.50. The molecule has 0 spiro atoms. The predicted molar refractivity (Wildman–Crippen MR) is 48.6 cm³/mol.